The summed E-state index contributed by atoms with van der Waals surface area (Å²) in [5.41, 5.74) is 1.96. The number of hydrogen-bond acceptors (Lipinski definition) is 5. The minimum atomic E-state index is -0.308. The molecule has 0 amide bonds. The molecular formula is C14H17NO3S. The van der Waals surface area contributed by atoms with Crippen molar-refractivity contribution in [2.75, 3.05) is 14.2 Å². The fraction of sp³-hybridized carbons (Fsp3) is 0.357. The maximum Gasteiger partial charge on any atom is 0.183 e. The van der Waals surface area contributed by atoms with Crippen LogP contribution in [0, 0.1) is 6.92 Å². The zero-order chi connectivity index (χ0) is 13.7. The van der Waals surface area contributed by atoms with Gasteiger partial charge in [0.1, 0.15) is 5.76 Å². The second-order valence-corrected chi connectivity index (χ2v) is 5.14. The molecule has 0 saturated carbocycles. The zero-order valence-corrected chi connectivity index (χ0v) is 12.1. The van der Waals surface area contributed by atoms with Crippen LogP contribution in [0.5, 0.6) is 0 Å². The molecule has 0 unspecified atom stereocenters. The molecule has 5 heteroatoms. The van der Waals surface area contributed by atoms with Crippen molar-refractivity contribution in [2.24, 2.45) is 0 Å². The SMILES string of the molecule is COC(OC)c1ccc(SCc2cc(C)on2)cc1. The van der Waals surface area contributed by atoms with Crippen LogP contribution in [0.3, 0.4) is 0 Å². The van der Waals surface area contributed by atoms with Crippen molar-refractivity contribution in [1.29, 1.82) is 0 Å². The van der Waals surface area contributed by atoms with E-state index >= 15 is 0 Å². The third-order valence-corrected chi connectivity index (χ3v) is 3.69. The van der Waals surface area contributed by atoms with E-state index in [1.54, 1.807) is 26.0 Å². The van der Waals surface area contributed by atoms with Gasteiger partial charge in [-0.3, -0.25) is 0 Å². The first-order valence-electron chi connectivity index (χ1n) is 5.93. The molecule has 0 aliphatic carbocycles. The Bertz CT molecular complexity index is 506. The van der Waals surface area contributed by atoms with Crippen LogP contribution < -0.4 is 0 Å². The van der Waals surface area contributed by atoms with Crippen LogP contribution in [0.25, 0.3) is 0 Å². The molecule has 0 radical (unpaired) electrons. The van der Waals surface area contributed by atoms with Gasteiger partial charge in [0, 0.05) is 36.5 Å². The zero-order valence-electron chi connectivity index (χ0n) is 11.3. The molecule has 0 aliphatic rings. The van der Waals surface area contributed by atoms with E-state index < -0.39 is 0 Å². The Morgan fingerprint density at radius 3 is 2.42 bits per heavy atom. The lowest BCUT2D eigenvalue weighted by Gasteiger charge is -2.13. The number of aryl methyl sites for hydroxylation is 1. The van der Waals surface area contributed by atoms with Gasteiger partial charge >= 0.3 is 0 Å². The van der Waals surface area contributed by atoms with E-state index in [1.807, 2.05) is 25.1 Å². The lowest BCUT2D eigenvalue weighted by molar-refractivity contribution is -0.106. The lowest BCUT2D eigenvalue weighted by Crippen LogP contribution is -2.02. The molecule has 0 atom stereocenters. The molecule has 2 rings (SSSR count). The Balaban J connectivity index is 1.95. The van der Waals surface area contributed by atoms with Crippen LogP contribution in [0.4, 0.5) is 0 Å². The summed E-state index contributed by atoms with van der Waals surface area (Å²) in [5.74, 6) is 1.64. The monoisotopic (exact) mass is 279 g/mol. The maximum absolute atomic E-state index is 5.21. The van der Waals surface area contributed by atoms with Gasteiger partial charge in [-0.25, -0.2) is 0 Å². The maximum atomic E-state index is 5.21. The van der Waals surface area contributed by atoms with Gasteiger partial charge in [-0.2, -0.15) is 0 Å². The van der Waals surface area contributed by atoms with Gasteiger partial charge in [0.25, 0.3) is 0 Å². The fourth-order valence-corrected chi connectivity index (χ4v) is 2.51. The Morgan fingerprint density at radius 1 is 1.21 bits per heavy atom. The number of hydrogen-bond donors (Lipinski definition) is 0. The summed E-state index contributed by atoms with van der Waals surface area (Å²) in [5, 5.41) is 3.97. The van der Waals surface area contributed by atoms with Gasteiger partial charge in [-0.15, -0.1) is 11.8 Å². The van der Waals surface area contributed by atoms with Crippen LogP contribution in [0.15, 0.2) is 39.8 Å². The molecular weight excluding hydrogens is 262 g/mol. The number of nitrogens with zero attached hydrogens (tertiary/aromatic N) is 1. The predicted molar refractivity (Wildman–Crippen MR) is 74.0 cm³/mol. The first-order valence-corrected chi connectivity index (χ1v) is 6.92. The lowest BCUT2D eigenvalue weighted by atomic mass is 10.2. The molecule has 0 N–H and O–H groups in total. The Morgan fingerprint density at radius 2 is 1.89 bits per heavy atom. The summed E-state index contributed by atoms with van der Waals surface area (Å²) >= 11 is 1.72. The summed E-state index contributed by atoms with van der Waals surface area (Å²) < 4.78 is 15.4. The minimum Gasteiger partial charge on any atom is -0.361 e. The Labute approximate surface area is 117 Å². The Hall–Kier alpha value is -1.30. The first-order chi connectivity index (χ1) is 9.22. The van der Waals surface area contributed by atoms with Crippen molar-refractivity contribution < 1.29 is 14.0 Å². The normalized spacial score (nSPS) is 11.2. The molecule has 0 fully saturated rings. The Kier molecular flexibility index (Phi) is 5.01. The molecule has 0 saturated heterocycles. The van der Waals surface area contributed by atoms with Gasteiger partial charge in [-0.1, -0.05) is 17.3 Å². The highest BCUT2D eigenvalue weighted by Crippen LogP contribution is 2.25. The summed E-state index contributed by atoms with van der Waals surface area (Å²) in [4.78, 5) is 1.18. The highest BCUT2D eigenvalue weighted by atomic mass is 32.2. The van der Waals surface area contributed by atoms with Crippen molar-refractivity contribution >= 4 is 11.8 Å². The molecule has 1 heterocycles. The summed E-state index contributed by atoms with van der Waals surface area (Å²) in [6.45, 7) is 1.89. The van der Waals surface area contributed by atoms with Crippen molar-refractivity contribution in [3.05, 3.63) is 47.3 Å². The van der Waals surface area contributed by atoms with Crippen LogP contribution in [0.1, 0.15) is 23.3 Å². The summed E-state index contributed by atoms with van der Waals surface area (Å²) in [6.07, 6.45) is -0.308. The molecule has 102 valence electrons. The second kappa shape index (κ2) is 6.75. The molecule has 1 aromatic heterocycles. The number of ether oxygens (including phenoxy) is 2. The first kappa shape index (κ1) is 14.1. The third-order valence-electron chi connectivity index (χ3n) is 2.64. The van der Waals surface area contributed by atoms with Crippen molar-refractivity contribution in [3.63, 3.8) is 0 Å². The van der Waals surface area contributed by atoms with Crippen LogP contribution in [-0.4, -0.2) is 19.4 Å². The molecule has 0 aliphatic heterocycles. The highest BCUT2D eigenvalue weighted by Gasteiger charge is 2.08. The average molecular weight is 279 g/mol. The van der Waals surface area contributed by atoms with Gasteiger partial charge in [-0.05, 0) is 19.1 Å². The van der Waals surface area contributed by atoms with E-state index in [9.17, 15) is 0 Å². The quantitative estimate of drug-likeness (QED) is 0.597. The van der Waals surface area contributed by atoms with E-state index in [2.05, 4.69) is 17.3 Å². The second-order valence-electron chi connectivity index (χ2n) is 4.09. The highest BCUT2D eigenvalue weighted by molar-refractivity contribution is 7.98. The molecule has 0 bridgehead atoms. The van der Waals surface area contributed by atoms with Crippen molar-refractivity contribution in [3.8, 4) is 0 Å². The van der Waals surface area contributed by atoms with Crippen molar-refractivity contribution in [2.45, 2.75) is 23.9 Å². The summed E-state index contributed by atoms with van der Waals surface area (Å²) in [7, 11) is 3.26. The van der Waals surface area contributed by atoms with Crippen LogP contribution in [0.2, 0.25) is 0 Å². The molecule has 0 spiro atoms. The smallest absolute Gasteiger partial charge is 0.183 e. The molecule has 1 aromatic carbocycles. The predicted octanol–water partition coefficient (Wildman–Crippen LogP) is 3.57. The third kappa shape index (κ3) is 3.83. The van der Waals surface area contributed by atoms with Gasteiger partial charge < -0.3 is 14.0 Å². The average Bonchev–Trinajstić information content (AvgIpc) is 2.85. The number of aromatic nitrogens is 1. The van der Waals surface area contributed by atoms with Gasteiger partial charge in [0.05, 0.1) is 5.69 Å². The molecule has 19 heavy (non-hydrogen) atoms. The van der Waals surface area contributed by atoms with Gasteiger partial charge in [0.2, 0.25) is 0 Å². The minimum absolute atomic E-state index is 0.308. The molecule has 4 nitrogen and oxygen atoms in total. The number of methoxy groups -OCH3 is 2. The van der Waals surface area contributed by atoms with Crippen LogP contribution >= 0.6 is 11.8 Å². The van der Waals surface area contributed by atoms with E-state index in [0.717, 1.165) is 22.8 Å². The topological polar surface area (TPSA) is 44.5 Å². The summed E-state index contributed by atoms with van der Waals surface area (Å²) in [6, 6.07) is 10.1. The standard InChI is InChI=1S/C14H17NO3S/c1-10-8-12(15-18-10)9-19-13-6-4-11(5-7-13)14(16-2)17-3/h4-8,14H,9H2,1-3H3. The van der Waals surface area contributed by atoms with Gasteiger partial charge in [0.15, 0.2) is 6.29 Å². The van der Waals surface area contributed by atoms with E-state index in [0.29, 0.717) is 0 Å². The van der Waals surface area contributed by atoms with Crippen LogP contribution in [-0.2, 0) is 15.2 Å². The largest absolute Gasteiger partial charge is 0.361 e. The van der Waals surface area contributed by atoms with Crippen molar-refractivity contribution in [1.82, 2.24) is 5.16 Å². The number of thioether (sulfide) groups is 1. The molecule has 2 aromatic rings. The number of benzene rings is 1. The van der Waals surface area contributed by atoms with E-state index in [-0.39, 0.29) is 6.29 Å². The fourth-order valence-electron chi connectivity index (χ4n) is 1.73. The number of rotatable bonds is 6. The van der Waals surface area contributed by atoms with E-state index in [1.165, 1.54) is 4.90 Å². The van der Waals surface area contributed by atoms with E-state index in [4.69, 9.17) is 14.0 Å².